The van der Waals surface area contributed by atoms with E-state index < -0.39 is 12.7 Å². The van der Waals surface area contributed by atoms with Gasteiger partial charge in [0.15, 0.2) is 0 Å². The quantitative estimate of drug-likeness (QED) is 0.165. The summed E-state index contributed by atoms with van der Waals surface area (Å²) in [4.78, 5) is 10.5. The number of aryl methyl sites for hydroxylation is 2. The van der Waals surface area contributed by atoms with Crippen LogP contribution in [0.25, 0.3) is 83.9 Å². The summed E-state index contributed by atoms with van der Waals surface area (Å²) >= 11 is 0. The second-order valence-electron chi connectivity index (χ2n) is 22.0. The number of nitrogens with zero attached hydrogens (tertiary/aromatic N) is 3. The summed E-state index contributed by atoms with van der Waals surface area (Å²) in [5.41, 5.74) is 16.1. The molecule has 0 aliphatic carbocycles. The molecule has 0 bridgehead atoms. The molecule has 0 saturated carbocycles. The number of pyridine rings is 1. The van der Waals surface area contributed by atoms with Crippen molar-refractivity contribution in [3.63, 3.8) is 0 Å². The highest BCUT2D eigenvalue weighted by Gasteiger charge is 2.27. The molecule has 0 radical (unpaired) electrons. The van der Waals surface area contributed by atoms with Gasteiger partial charge < -0.3 is 5.11 Å². The Balaban J connectivity index is 1.31. The van der Waals surface area contributed by atoms with E-state index in [1.54, 1.807) is 0 Å². The normalized spacial score (nSPS) is 13.5. The summed E-state index contributed by atoms with van der Waals surface area (Å²) in [6.45, 7) is 22.8. The van der Waals surface area contributed by atoms with Crippen LogP contribution in [-0.2, 0) is 16.2 Å². The van der Waals surface area contributed by atoms with Gasteiger partial charge in [0.05, 0.1) is 28.0 Å². The average Bonchev–Trinajstić information content (AvgIpc) is 3.72. The number of phenols is 1. The lowest BCUT2D eigenvalue weighted by Crippen LogP contribution is -2.13. The Labute approximate surface area is 416 Å². The molecule has 9 aromatic rings. The third-order valence-corrected chi connectivity index (χ3v) is 13.5. The van der Waals surface area contributed by atoms with Crippen molar-refractivity contribution in [3.8, 4) is 78.6 Å². The number of phenolic OH excluding ortho intramolecular Hbond substituents is 1. The molecule has 9 rings (SSSR count). The molecule has 4 heteroatoms. The fourth-order valence-electron chi connectivity index (χ4n) is 9.50. The zero-order chi connectivity index (χ0) is 52.6. The van der Waals surface area contributed by atoms with Gasteiger partial charge in [-0.25, -0.2) is 4.98 Å². The highest BCUT2D eigenvalue weighted by Crippen LogP contribution is 2.45. The van der Waals surface area contributed by atoms with Crippen LogP contribution in [0.3, 0.4) is 0 Å². The van der Waals surface area contributed by atoms with Gasteiger partial charge >= 0.3 is 0 Å². The summed E-state index contributed by atoms with van der Waals surface area (Å²) in [5, 5.41) is 12.2. The van der Waals surface area contributed by atoms with Gasteiger partial charge in [-0.15, -0.1) is 0 Å². The molecule has 0 aliphatic rings. The van der Waals surface area contributed by atoms with E-state index in [1.165, 1.54) is 0 Å². The lowest BCUT2D eigenvalue weighted by molar-refractivity contribution is 0.471. The number of rotatable bonds is 8. The zero-order valence-corrected chi connectivity index (χ0v) is 42.3. The maximum Gasteiger partial charge on any atom is 0.149 e. The van der Waals surface area contributed by atoms with Gasteiger partial charge in [-0.05, 0) is 157 Å². The molecule has 2 heterocycles. The first kappa shape index (κ1) is 42.1. The molecule has 0 amide bonds. The molecular formula is C65H67N3O. The molecule has 0 aliphatic heterocycles. The third kappa shape index (κ3) is 9.18. The molecule has 0 fully saturated rings. The highest BCUT2D eigenvalue weighted by molar-refractivity contribution is 5.97. The maximum atomic E-state index is 12.2. The highest BCUT2D eigenvalue weighted by atomic mass is 16.3. The van der Waals surface area contributed by atoms with Gasteiger partial charge in [0, 0.05) is 22.8 Å². The standard InChI is InChI=1S/C65H67N3O/c1-40(2)43-25-27-44(28-26-43)46-31-32-66-56(38-46)49-35-48(36-51(37-49)64(8,9)10)53-22-18-24-58-60(53)67-62(54-39-50(63(5,6)7)34-42(4)61(54)69)68(58)57-30-29-47(33-41(57)3)59-52(45-19-15-14-16-20-45)21-17-23-55(59)65(11,12)13/h14-40,69H,1-13H3/i3D3,40D. The number of aromatic hydroxyl groups is 1. The minimum Gasteiger partial charge on any atom is -0.507 e. The number of fused-ring (bicyclic) bond motifs is 1. The number of imidazole rings is 1. The Morgan fingerprint density at radius 1 is 0.551 bits per heavy atom. The van der Waals surface area contributed by atoms with Crippen molar-refractivity contribution < 1.29 is 10.6 Å². The zero-order valence-electron chi connectivity index (χ0n) is 46.3. The van der Waals surface area contributed by atoms with Crippen LogP contribution < -0.4 is 0 Å². The predicted molar refractivity (Wildman–Crippen MR) is 293 cm³/mol. The predicted octanol–water partition coefficient (Wildman–Crippen LogP) is 17.8. The summed E-state index contributed by atoms with van der Waals surface area (Å²) in [7, 11) is 0. The smallest absolute Gasteiger partial charge is 0.149 e. The van der Waals surface area contributed by atoms with E-state index >= 15 is 0 Å². The van der Waals surface area contributed by atoms with Crippen molar-refractivity contribution >= 4 is 11.0 Å². The topological polar surface area (TPSA) is 50.9 Å². The number of benzene rings is 7. The largest absolute Gasteiger partial charge is 0.507 e. The average molecular weight is 910 g/mol. The molecule has 7 aromatic carbocycles. The Kier molecular flexibility index (Phi) is 10.9. The van der Waals surface area contributed by atoms with E-state index in [0.29, 0.717) is 33.7 Å². The molecular weight excluding hydrogens is 839 g/mol. The fourth-order valence-corrected chi connectivity index (χ4v) is 9.50. The lowest BCUT2D eigenvalue weighted by Gasteiger charge is -2.26. The minimum atomic E-state index is -2.55. The second kappa shape index (κ2) is 17.8. The van der Waals surface area contributed by atoms with Crippen LogP contribution in [0.15, 0.2) is 158 Å². The number of aromatic nitrogens is 3. The summed E-state index contributed by atoms with van der Waals surface area (Å²) < 4.78 is 38.2. The molecule has 0 atom stereocenters. The van der Waals surface area contributed by atoms with Gasteiger partial charge in [0.2, 0.25) is 0 Å². The molecule has 1 N–H and O–H groups in total. The Morgan fingerprint density at radius 3 is 1.90 bits per heavy atom. The van der Waals surface area contributed by atoms with Crippen molar-refractivity contribution in [2.45, 2.75) is 112 Å². The molecule has 69 heavy (non-hydrogen) atoms. The Bertz CT molecular complexity index is 3540. The molecule has 348 valence electrons. The van der Waals surface area contributed by atoms with Crippen LogP contribution in [0.4, 0.5) is 0 Å². The van der Waals surface area contributed by atoms with E-state index in [9.17, 15) is 9.22 Å². The fraction of sp³-hybridized carbons (Fsp3) is 0.262. The first-order valence-corrected chi connectivity index (χ1v) is 24.1. The van der Waals surface area contributed by atoms with E-state index in [1.807, 2.05) is 110 Å². The van der Waals surface area contributed by atoms with Crippen LogP contribution in [-0.4, -0.2) is 19.6 Å². The van der Waals surface area contributed by atoms with Crippen molar-refractivity contribution in [1.82, 2.24) is 14.5 Å². The summed E-state index contributed by atoms with van der Waals surface area (Å²) in [6.07, 6.45) is 1.85. The summed E-state index contributed by atoms with van der Waals surface area (Å²) in [5.74, 6) is -0.172. The number of hydrogen-bond donors (Lipinski definition) is 1. The van der Waals surface area contributed by atoms with E-state index in [0.717, 1.165) is 78.0 Å². The number of hydrogen-bond acceptors (Lipinski definition) is 3. The summed E-state index contributed by atoms with van der Waals surface area (Å²) in [6, 6.07) is 51.5. The first-order chi connectivity index (χ1) is 34.2. The third-order valence-electron chi connectivity index (χ3n) is 13.5. The van der Waals surface area contributed by atoms with Crippen molar-refractivity contribution in [2.24, 2.45) is 0 Å². The van der Waals surface area contributed by atoms with Crippen molar-refractivity contribution in [1.29, 1.82) is 0 Å². The minimum absolute atomic E-state index is 0.0887. The maximum absolute atomic E-state index is 12.2. The second-order valence-corrected chi connectivity index (χ2v) is 22.0. The van der Waals surface area contributed by atoms with Gasteiger partial charge in [-0.1, -0.05) is 179 Å². The van der Waals surface area contributed by atoms with E-state index in [-0.39, 0.29) is 27.6 Å². The van der Waals surface area contributed by atoms with Gasteiger partial charge in [-0.3, -0.25) is 9.55 Å². The molecule has 0 saturated heterocycles. The molecule has 0 spiro atoms. The van der Waals surface area contributed by atoms with Crippen molar-refractivity contribution in [3.05, 3.63) is 191 Å². The van der Waals surface area contributed by atoms with Crippen LogP contribution in [0.5, 0.6) is 5.75 Å². The lowest BCUT2D eigenvalue weighted by atomic mass is 9.78. The number of para-hydroxylation sites is 1. The van der Waals surface area contributed by atoms with Crippen molar-refractivity contribution in [2.75, 3.05) is 0 Å². The monoisotopic (exact) mass is 910 g/mol. The molecule has 4 nitrogen and oxygen atoms in total. The van der Waals surface area contributed by atoms with Gasteiger partial charge in [0.25, 0.3) is 0 Å². The Hall–Kier alpha value is -7.04. The van der Waals surface area contributed by atoms with Crippen LogP contribution >= 0.6 is 0 Å². The van der Waals surface area contributed by atoms with Gasteiger partial charge in [0.1, 0.15) is 11.6 Å². The SMILES string of the molecule is [2H]C([2H])([2H])c1cc(-c2c(-c3ccccc3)cccc2C(C)(C)C)ccc1-n1c(-c2cc(C(C)(C)C)cc(C)c2O)nc2c(-c3cc(-c4cc(-c5ccc(C([2H])(C)C)cc5)ccn4)cc(C(C)(C)C)c3)cccc21. The van der Waals surface area contributed by atoms with E-state index in [4.69, 9.17) is 11.3 Å². The van der Waals surface area contributed by atoms with Crippen LogP contribution in [0, 0.1) is 13.8 Å². The molecule has 2 aromatic heterocycles. The van der Waals surface area contributed by atoms with Gasteiger partial charge in [-0.2, -0.15) is 0 Å². The van der Waals surface area contributed by atoms with Crippen LogP contribution in [0.2, 0.25) is 0 Å². The first-order valence-electron chi connectivity index (χ1n) is 26.1. The molecule has 0 unspecified atom stereocenters. The Morgan fingerprint density at radius 2 is 1.22 bits per heavy atom. The van der Waals surface area contributed by atoms with E-state index in [2.05, 4.69) is 135 Å². The van der Waals surface area contributed by atoms with Crippen LogP contribution in [0.1, 0.15) is 121 Å².